The molecule has 0 amide bonds. The summed E-state index contributed by atoms with van der Waals surface area (Å²) in [6, 6.07) is 0.607. The lowest BCUT2D eigenvalue weighted by molar-refractivity contribution is -0.0433. The smallest absolute Gasteiger partial charge is 0.0565 e. The molecule has 0 aromatic rings. The zero-order valence-electron chi connectivity index (χ0n) is 12.1. The minimum Gasteiger partial charge on any atom is -0.385 e. The molecule has 1 heterocycles. The van der Waals surface area contributed by atoms with Gasteiger partial charge >= 0.3 is 0 Å². The topological polar surface area (TPSA) is 30.5 Å². The van der Waals surface area contributed by atoms with E-state index in [1.807, 2.05) is 0 Å². The summed E-state index contributed by atoms with van der Waals surface area (Å²) in [6.45, 7) is 10.8. The molecule has 1 saturated heterocycles. The van der Waals surface area contributed by atoms with E-state index in [1.165, 1.54) is 0 Å². The average Bonchev–Trinajstić information content (AvgIpc) is 2.23. The van der Waals surface area contributed by atoms with Gasteiger partial charge in [0.05, 0.1) is 12.2 Å². The van der Waals surface area contributed by atoms with Gasteiger partial charge in [-0.05, 0) is 38.5 Å². The van der Waals surface area contributed by atoms with Crippen LogP contribution in [0.15, 0.2) is 0 Å². The lowest BCUT2D eigenvalue weighted by Gasteiger charge is -2.35. The Bertz CT molecular complexity index is 208. The third kappa shape index (κ3) is 5.84. The summed E-state index contributed by atoms with van der Waals surface area (Å²) in [4.78, 5) is 0. The van der Waals surface area contributed by atoms with E-state index < -0.39 is 0 Å². The number of rotatable bonds is 6. The van der Waals surface area contributed by atoms with E-state index in [0.717, 1.165) is 32.4 Å². The van der Waals surface area contributed by atoms with E-state index in [1.54, 1.807) is 7.11 Å². The van der Waals surface area contributed by atoms with Crippen LogP contribution in [-0.2, 0) is 9.47 Å². The molecule has 2 atom stereocenters. The van der Waals surface area contributed by atoms with Crippen molar-refractivity contribution in [3.63, 3.8) is 0 Å². The predicted molar refractivity (Wildman–Crippen MR) is 71.3 cm³/mol. The Kier molecular flexibility index (Phi) is 5.90. The van der Waals surface area contributed by atoms with Gasteiger partial charge in [-0.15, -0.1) is 0 Å². The molecule has 0 spiro atoms. The Morgan fingerprint density at radius 3 is 2.35 bits per heavy atom. The van der Waals surface area contributed by atoms with Crippen molar-refractivity contribution in [3.05, 3.63) is 0 Å². The van der Waals surface area contributed by atoms with Crippen molar-refractivity contribution in [1.29, 1.82) is 0 Å². The van der Waals surface area contributed by atoms with Crippen LogP contribution in [0.4, 0.5) is 0 Å². The SMILES string of the molecule is COCCC(C)(C)CNC1CC(C)OC(C)C1. The van der Waals surface area contributed by atoms with Gasteiger partial charge in [0.2, 0.25) is 0 Å². The Labute approximate surface area is 106 Å². The maximum absolute atomic E-state index is 5.75. The monoisotopic (exact) mass is 243 g/mol. The second-order valence-electron chi connectivity index (χ2n) is 6.21. The van der Waals surface area contributed by atoms with Crippen molar-refractivity contribution >= 4 is 0 Å². The van der Waals surface area contributed by atoms with Gasteiger partial charge in [0, 0.05) is 26.3 Å². The third-order valence-electron chi connectivity index (χ3n) is 3.55. The van der Waals surface area contributed by atoms with Gasteiger partial charge in [0.15, 0.2) is 0 Å². The van der Waals surface area contributed by atoms with Crippen LogP contribution < -0.4 is 5.32 Å². The number of hydrogen-bond donors (Lipinski definition) is 1. The van der Waals surface area contributed by atoms with Crippen molar-refractivity contribution in [1.82, 2.24) is 5.32 Å². The average molecular weight is 243 g/mol. The molecule has 0 saturated carbocycles. The number of hydrogen-bond acceptors (Lipinski definition) is 3. The molecule has 17 heavy (non-hydrogen) atoms. The first-order valence-electron chi connectivity index (χ1n) is 6.81. The molecule has 1 rings (SSSR count). The Balaban J connectivity index is 2.29. The van der Waals surface area contributed by atoms with E-state index in [-0.39, 0.29) is 0 Å². The molecule has 0 bridgehead atoms. The minimum absolute atomic E-state index is 0.306. The molecule has 1 aliphatic heterocycles. The first-order chi connectivity index (χ1) is 7.93. The summed E-state index contributed by atoms with van der Waals surface area (Å²) in [5, 5.41) is 3.70. The largest absolute Gasteiger partial charge is 0.385 e. The highest BCUT2D eigenvalue weighted by atomic mass is 16.5. The summed E-state index contributed by atoms with van der Waals surface area (Å²) >= 11 is 0. The Morgan fingerprint density at radius 2 is 1.82 bits per heavy atom. The second kappa shape index (κ2) is 6.72. The standard InChI is InChI=1S/C14H29NO2/c1-11-8-13(9-12(2)17-11)15-10-14(3,4)6-7-16-5/h11-13,15H,6-10H2,1-5H3. The lowest BCUT2D eigenvalue weighted by Crippen LogP contribution is -2.44. The van der Waals surface area contributed by atoms with Gasteiger partial charge in [-0.3, -0.25) is 0 Å². The summed E-state index contributed by atoms with van der Waals surface area (Å²) < 4.78 is 10.9. The Morgan fingerprint density at radius 1 is 1.24 bits per heavy atom. The third-order valence-corrected chi connectivity index (χ3v) is 3.55. The van der Waals surface area contributed by atoms with Crippen LogP contribution >= 0.6 is 0 Å². The second-order valence-corrected chi connectivity index (χ2v) is 6.21. The van der Waals surface area contributed by atoms with E-state index in [9.17, 15) is 0 Å². The minimum atomic E-state index is 0.306. The van der Waals surface area contributed by atoms with Gasteiger partial charge in [-0.25, -0.2) is 0 Å². The molecule has 3 heteroatoms. The fraction of sp³-hybridized carbons (Fsp3) is 1.00. The van der Waals surface area contributed by atoms with Crippen LogP contribution in [0.25, 0.3) is 0 Å². The molecule has 1 aliphatic rings. The lowest BCUT2D eigenvalue weighted by atomic mass is 9.88. The quantitative estimate of drug-likeness (QED) is 0.778. The first kappa shape index (κ1) is 14.9. The molecule has 0 aromatic heterocycles. The van der Waals surface area contributed by atoms with Crippen LogP contribution in [0.2, 0.25) is 0 Å². The summed E-state index contributed by atoms with van der Waals surface area (Å²) in [5.74, 6) is 0. The highest BCUT2D eigenvalue weighted by Crippen LogP contribution is 2.22. The molecule has 2 unspecified atom stereocenters. The van der Waals surface area contributed by atoms with Crippen molar-refractivity contribution in [2.75, 3.05) is 20.3 Å². The van der Waals surface area contributed by atoms with E-state index in [2.05, 4.69) is 33.0 Å². The number of nitrogens with one attached hydrogen (secondary N) is 1. The van der Waals surface area contributed by atoms with Gasteiger partial charge in [-0.2, -0.15) is 0 Å². The fourth-order valence-electron chi connectivity index (χ4n) is 2.46. The van der Waals surface area contributed by atoms with Crippen molar-refractivity contribution in [2.24, 2.45) is 5.41 Å². The van der Waals surface area contributed by atoms with Gasteiger partial charge in [-0.1, -0.05) is 13.8 Å². The molecule has 0 radical (unpaired) electrons. The fourth-order valence-corrected chi connectivity index (χ4v) is 2.46. The van der Waals surface area contributed by atoms with Crippen LogP contribution in [0.3, 0.4) is 0 Å². The van der Waals surface area contributed by atoms with E-state index in [0.29, 0.717) is 23.7 Å². The van der Waals surface area contributed by atoms with Crippen molar-refractivity contribution in [3.8, 4) is 0 Å². The van der Waals surface area contributed by atoms with Gasteiger partial charge in [0.1, 0.15) is 0 Å². The summed E-state index contributed by atoms with van der Waals surface area (Å²) in [6.07, 6.45) is 4.14. The van der Waals surface area contributed by atoms with E-state index in [4.69, 9.17) is 9.47 Å². The summed E-state index contributed by atoms with van der Waals surface area (Å²) in [5.41, 5.74) is 0.306. The molecule has 102 valence electrons. The van der Waals surface area contributed by atoms with E-state index >= 15 is 0 Å². The van der Waals surface area contributed by atoms with Crippen molar-refractivity contribution in [2.45, 2.75) is 65.2 Å². The molecular weight excluding hydrogens is 214 g/mol. The maximum atomic E-state index is 5.75. The molecule has 3 nitrogen and oxygen atoms in total. The highest BCUT2D eigenvalue weighted by molar-refractivity contribution is 4.81. The maximum Gasteiger partial charge on any atom is 0.0565 e. The molecule has 0 aliphatic carbocycles. The van der Waals surface area contributed by atoms with Gasteiger partial charge in [0.25, 0.3) is 0 Å². The predicted octanol–water partition coefficient (Wildman–Crippen LogP) is 2.59. The van der Waals surface area contributed by atoms with Crippen LogP contribution in [-0.4, -0.2) is 38.5 Å². The van der Waals surface area contributed by atoms with Crippen LogP contribution in [0.1, 0.15) is 47.0 Å². The van der Waals surface area contributed by atoms with Crippen LogP contribution in [0, 0.1) is 5.41 Å². The summed E-state index contributed by atoms with van der Waals surface area (Å²) in [7, 11) is 1.77. The molecular formula is C14H29NO2. The van der Waals surface area contributed by atoms with Crippen LogP contribution in [0.5, 0.6) is 0 Å². The number of ether oxygens (including phenoxy) is 2. The normalized spacial score (nSPS) is 30.5. The Hall–Kier alpha value is -0.120. The van der Waals surface area contributed by atoms with Crippen molar-refractivity contribution < 1.29 is 9.47 Å². The zero-order chi connectivity index (χ0) is 12.9. The highest BCUT2D eigenvalue weighted by Gasteiger charge is 2.26. The van der Waals surface area contributed by atoms with Gasteiger partial charge < -0.3 is 14.8 Å². The zero-order valence-corrected chi connectivity index (χ0v) is 12.1. The molecule has 1 fully saturated rings. The molecule has 0 aromatic carbocycles. The molecule has 1 N–H and O–H groups in total. The first-order valence-corrected chi connectivity index (χ1v) is 6.81. The number of methoxy groups -OCH3 is 1.